The highest BCUT2D eigenvalue weighted by Crippen LogP contribution is 2.15. The van der Waals surface area contributed by atoms with Gasteiger partial charge in [-0.3, -0.25) is 4.79 Å². The Kier molecular flexibility index (Phi) is 6.21. The number of benzene rings is 1. The highest BCUT2D eigenvalue weighted by Gasteiger charge is 2.22. The molecule has 0 saturated carbocycles. The molecule has 0 heterocycles. The average Bonchev–Trinajstić information content (AvgIpc) is 2.45. The maximum atomic E-state index is 12.1. The number of carboxylic acids is 1. The van der Waals surface area contributed by atoms with Gasteiger partial charge in [0.25, 0.3) is 5.91 Å². The Morgan fingerprint density at radius 2 is 1.76 bits per heavy atom. The van der Waals surface area contributed by atoms with Crippen molar-refractivity contribution in [3.05, 3.63) is 29.8 Å². The third-order valence-electron chi connectivity index (χ3n) is 3.32. The summed E-state index contributed by atoms with van der Waals surface area (Å²) in [6.45, 7) is 6.37. The zero-order valence-corrected chi connectivity index (χ0v) is 13.0. The number of aliphatic carboxylic acids is 1. The van der Waals surface area contributed by atoms with Crippen molar-refractivity contribution in [2.45, 2.75) is 33.2 Å². The third-order valence-corrected chi connectivity index (χ3v) is 3.32. The fraction of sp³-hybridized carbons (Fsp3) is 0.500. The van der Waals surface area contributed by atoms with Crippen LogP contribution in [0.4, 0.5) is 0 Å². The monoisotopic (exact) mass is 293 g/mol. The second-order valence-corrected chi connectivity index (χ2v) is 5.49. The molecule has 0 aromatic heterocycles. The normalized spacial score (nSPS) is 12.0. The fourth-order valence-electron chi connectivity index (χ4n) is 1.65. The molecule has 0 radical (unpaired) electrons. The summed E-state index contributed by atoms with van der Waals surface area (Å²) >= 11 is 0. The molecule has 116 valence electrons. The zero-order chi connectivity index (χ0) is 16.0. The Labute approximate surface area is 125 Å². The zero-order valence-electron chi connectivity index (χ0n) is 13.0. The predicted octanol–water partition coefficient (Wildman–Crippen LogP) is 2.66. The van der Waals surface area contributed by atoms with Gasteiger partial charge in [0.15, 0.2) is 0 Å². The van der Waals surface area contributed by atoms with Crippen molar-refractivity contribution < 1.29 is 19.4 Å². The van der Waals surface area contributed by atoms with E-state index in [1.165, 1.54) is 18.9 Å². The summed E-state index contributed by atoms with van der Waals surface area (Å²) in [6.07, 6.45) is 0.972. The lowest BCUT2D eigenvalue weighted by Gasteiger charge is -2.21. The van der Waals surface area contributed by atoms with Gasteiger partial charge < -0.3 is 14.7 Å². The van der Waals surface area contributed by atoms with Crippen molar-refractivity contribution in [3.8, 4) is 5.75 Å². The van der Waals surface area contributed by atoms with E-state index in [1.807, 2.05) is 0 Å². The summed E-state index contributed by atoms with van der Waals surface area (Å²) in [7, 11) is 1.48. The summed E-state index contributed by atoms with van der Waals surface area (Å²) in [4.78, 5) is 24.2. The van der Waals surface area contributed by atoms with E-state index in [9.17, 15) is 9.59 Å². The number of nitrogens with zero attached hydrogens (tertiary/aromatic N) is 1. The molecule has 5 nitrogen and oxygen atoms in total. The molecule has 0 saturated heterocycles. The number of carboxylic acid groups (broad SMARTS) is 1. The molecule has 5 heteroatoms. The molecule has 1 rings (SSSR count). The molecule has 1 aromatic carbocycles. The van der Waals surface area contributed by atoms with Gasteiger partial charge in [0.05, 0.1) is 6.61 Å². The van der Waals surface area contributed by atoms with Crippen LogP contribution in [-0.4, -0.2) is 41.6 Å². The van der Waals surface area contributed by atoms with Gasteiger partial charge in [-0.15, -0.1) is 0 Å². The summed E-state index contributed by atoms with van der Waals surface area (Å²) in [6, 6.07) is 5.90. The van der Waals surface area contributed by atoms with E-state index in [0.29, 0.717) is 23.8 Å². The van der Waals surface area contributed by atoms with Crippen molar-refractivity contribution in [3.63, 3.8) is 0 Å². The minimum absolute atomic E-state index is 0.321. The molecular weight excluding hydrogens is 270 g/mol. The van der Waals surface area contributed by atoms with Crippen molar-refractivity contribution in [2.24, 2.45) is 5.92 Å². The largest absolute Gasteiger partial charge is 0.494 e. The number of amides is 1. The van der Waals surface area contributed by atoms with Crippen LogP contribution in [0.25, 0.3) is 0 Å². The van der Waals surface area contributed by atoms with Crippen molar-refractivity contribution >= 4 is 11.9 Å². The molecule has 0 aliphatic rings. The molecular formula is C16H23NO4. The molecule has 1 N–H and O–H groups in total. The maximum absolute atomic E-state index is 12.1. The Hall–Kier alpha value is -2.04. The standard InChI is InChI=1S/C16H23NO4/c1-11(2)9-10-21-14-7-5-13(6-8-14)15(18)17(4)12(3)16(19)20/h5-8,11-12H,9-10H2,1-4H3,(H,19,20). The van der Waals surface area contributed by atoms with Crippen LogP contribution in [0.2, 0.25) is 0 Å². The molecule has 1 aromatic rings. The SMILES string of the molecule is CC(C)CCOc1ccc(C(=O)N(C)C(C)C(=O)O)cc1. The summed E-state index contributed by atoms with van der Waals surface area (Å²) in [5, 5.41) is 8.92. The number of likely N-dealkylation sites (N-methyl/N-ethyl adjacent to an activating group) is 1. The van der Waals surface area contributed by atoms with Crippen LogP contribution in [0.5, 0.6) is 5.75 Å². The lowest BCUT2D eigenvalue weighted by molar-refractivity contribution is -0.141. The van der Waals surface area contributed by atoms with Crippen LogP contribution in [-0.2, 0) is 4.79 Å². The molecule has 0 aliphatic carbocycles. The lowest BCUT2D eigenvalue weighted by atomic mass is 10.1. The van der Waals surface area contributed by atoms with E-state index < -0.39 is 12.0 Å². The van der Waals surface area contributed by atoms with Gasteiger partial charge in [0.1, 0.15) is 11.8 Å². The van der Waals surface area contributed by atoms with Gasteiger partial charge in [-0.05, 0) is 43.5 Å². The van der Waals surface area contributed by atoms with Gasteiger partial charge in [0, 0.05) is 12.6 Å². The summed E-state index contributed by atoms with van der Waals surface area (Å²) < 4.78 is 5.58. The second kappa shape index (κ2) is 7.67. The minimum atomic E-state index is -1.03. The first kappa shape index (κ1) is 17.0. The Bertz CT molecular complexity index is 482. The van der Waals surface area contributed by atoms with E-state index in [0.717, 1.165) is 6.42 Å². The van der Waals surface area contributed by atoms with Crippen LogP contribution in [0.15, 0.2) is 24.3 Å². The topological polar surface area (TPSA) is 66.8 Å². The Morgan fingerprint density at radius 1 is 1.19 bits per heavy atom. The first-order chi connectivity index (χ1) is 9.82. The molecule has 1 unspecified atom stereocenters. The highest BCUT2D eigenvalue weighted by molar-refractivity contribution is 5.96. The van der Waals surface area contributed by atoms with Gasteiger partial charge >= 0.3 is 5.97 Å². The first-order valence-corrected chi connectivity index (χ1v) is 7.05. The second-order valence-electron chi connectivity index (χ2n) is 5.49. The minimum Gasteiger partial charge on any atom is -0.494 e. The number of hydrogen-bond donors (Lipinski definition) is 1. The van der Waals surface area contributed by atoms with E-state index >= 15 is 0 Å². The van der Waals surface area contributed by atoms with E-state index in [-0.39, 0.29) is 5.91 Å². The smallest absolute Gasteiger partial charge is 0.326 e. The molecule has 0 fully saturated rings. The quantitative estimate of drug-likeness (QED) is 0.839. The molecule has 1 amide bonds. The number of ether oxygens (including phenoxy) is 1. The lowest BCUT2D eigenvalue weighted by Crippen LogP contribution is -2.40. The van der Waals surface area contributed by atoms with Crippen LogP contribution in [0.1, 0.15) is 37.6 Å². The number of hydrogen-bond acceptors (Lipinski definition) is 3. The van der Waals surface area contributed by atoms with E-state index in [2.05, 4.69) is 13.8 Å². The van der Waals surface area contributed by atoms with Gasteiger partial charge in [-0.1, -0.05) is 13.8 Å². The Morgan fingerprint density at radius 3 is 2.24 bits per heavy atom. The number of carbonyl (C=O) groups is 2. The summed E-state index contributed by atoms with van der Waals surface area (Å²) in [5.41, 5.74) is 0.446. The van der Waals surface area contributed by atoms with Crippen LogP contribution in [0, 0.1) is 5.92 Å². The predicted molar refractivity (Wildman–Crippen MR) is 80.6 cm³/mol. The number of rotatable bonds is 7. The van der Waals surface area contributed by atoms with Crippen LogP contribution >= 0.6 is 0 Å². The molecule has 0 aliphatic heterocycles. The van der Waals surface area contributed by atoms with E-state index in [4.69, 9.17) is 9.84 Å². The van der Waals surface area contributed by atoms with Gasteiger partial charge in [-0.2, -0.15) is 0 Å². The summed E-state index contributed by atoms with van der Waals surface area (Å²) in [5.74, 6) is -0.0590. The van der Waals surface area contributed by atoms with Gasteiger partial charge in [-0.25, -0.2) is 4.79 Å². The molecule has 21 heavy (non-hydrogen) atoms. The van der Waals surface area contributed by atoms with Crippen molar-refractivity contribution in [1.29, 1.82) is 0 Å². The molecule has 0 spiro atoms. The van der Waals surface area contributed by atoms with Crippen molar-refractivity contribution in [2.75, 3.05) is 13.7 Å². The fourth-order valence-corrected chi connectivity index (χ4v) is 1.65. The maximum Gasteiger partial charge on any atom is 0.326 e. The first-order valence-electron chi connectivity index (χ1n) is 7.05. The van der Waals surface area contributed by atoms with Crippen LogP contribution in [0.3, 0.4) is 0 Å². The Balaban J connectivity index is 2.65. The van der Waals surface area contributed by atoms with Gasteiger partial charge in [0.2, 0.25) is 0 Å². The molecule has 0 bridgehead atoms. The highest BCUT2D eigenvalue weighted by atomic mass is 16.5. The number of carbonyl (C=O) groups excluding carboxylic acids is 1. The van der Waals surface area contributed by atoms with E-state index in [1.54, 1.807) is 24.3 Å². The average molecular weight is 293 g/mol. The van der Waals surface area contributed by atoms with Crippen LogP contribution < -0.4 is 4.74 Å². The van der Waals surface area contributed by atoms with Crippen molar-refractivity contribution in [1.82, 2.24) is 4.90 Å². The molecule has 1 atom stereocenters. The third kappa shape index (κ3) is 5.10.